The van der Waals surface area contributed by atoms with Gasteiger partial charge in [0.2, 0.25) is 0 Å². The summed E-state index contributed by atoms with van der Waals surface area (Å²) in [6, 6.07) is 6.08. The molecule has 1 aliphatic carbocycles. The van der Waals surface area contributed by atoms with E-state index in [4.69, 9.17) is 16.3 Å². The highest BCUT2D eigenvalue weighted by Gasteiger charge is 2.29. The highest BCUT2D eigenvalue weighted by Crippen LogP contribution is 2.26. The Morgan fingerprint density at radius 2 is 2.33 bits per heavy atom. The molecule has 0 bridgehead atoms. The fraction of sp³-hybridized carbons (Fsp3) is 0.545. The summed E-state index contributed by atoms with van der Waals surface area (Å²) in [4.78, 5) is 4.18. The van der Waals surface area contributed by atoms with E-state index < -0.39 is 0 Å². The summed E-state index contributed by atoms with van der Waals surface area (Å²) in [5, 5.41) is 3.86. The summed E-state index contributed by atoms with van der Waals surface area (Å²) in [6.07, 6.45) is 2.54. The van der Waals surface area contributed by atoms with Gasteiger partial charge in [-0.2, -0.15) is 0 Å². The zero-order valence-corrected chi connectivity index (χ0v) is 9.50. The van der Waals surface area contributed by atoms with Crippen LogP contribution in [-0.4, -0.2) is 23.7 Å². The Hall–Kier alpha value is -0.800. The van der Waals surface area contributed by atoms with Crippen LogP contribution in [0.3, 0.4) is 0 Å². The normalized spacial score (nSPS) is 24.7. The van der Waals surface area contributed by atoms with Crippen LogP contribution < -0.4 is 5.32 Å². The highest BCUT2D eigenvalue weighted by molar-refractivity contribution is 6.29. The van der Waals surface area contributed by atoms with Gasteiger partial charge in [-0.1, -0.05) is 17.7 Å². The van der Waals surface area contributed by atoms with Crippen molar-refractivity contribution in [1.29, 1.82) is 0 Å². The van der Waals surface area contributed by atoms with Crippen LogP contribution in [0.15, 0.2) is 18.2 Å². The molecule has 1 heterocycles. The number of aromatic nitrogens is 1. The molecule has 0 aliphatic heterocycles. The lowest BCUT2D eigenvalue weighted by molar-refractivity contribution is 0.00293. The molecule has 0 atom stereocenters. The van der Waals surface area contributed by atoms with Crippen molar-refractivity contribution in [2.45, 2.75) is 31.9 Å². The van der Waals surface area contributed by atoms with Gasteiger partial charge in [0.15, 0.2) is 0 Å². The molecule has 0 amide bonds. The molecule has 0 saturated heterocycles. The first-order valence-corrected chi connectivity index (χ1v) is 5.66. The molecule has 4 heteroatoms. The monoisotopic (exact) mass is 226 g/mol. The van der Waals surface area contributed by atoms with Crippen LogP contribution in [0.5, 0.6) is 0 Å². The van der Waals surface area contributed by atoms with Crippen molar-refractivity contribution in [3.63, 3.8) is 0 Å². The van der Waals surface area contributed by atoms with Crippen molar-refractivity contribution in [2.24, 2.45) is 0 Å². The Morgan fingerprint density at radius 3 is 3.00 bits per heavy atom. The molecule has 0 radical (unpaired) electrons. The molecule has 82 valence electrons. The van der Waals surface area contributed by atoms with Crippen molar-refractivity contribution in [2.75, 3.05) is 11.9 Å². The lowest BCUT2D eigenvalue weighted by Gasteiger charge is -2.35. The van der Waals surface area contributed by atoms with Gasteiger partial charge in [-0.05, 0) is 31.9 Å². The van der Waals surface area contributed by atoms with E-state index in [1.165, 1.54) is 0 Å². The largest absolute Gasteiger partial charge is 0.378 e. The Morgan fingerprint density at radius 1 is 1.53 bits per heavy atom. The van der Waals surface area contributed by atoms with Crippen LogP contribution in [0.4, 0.5) is 5.82 Å². The molecule has 2 rings (SSSR count). The van der Waals surface area contributed by atoms with Gasteiger partial charge >= 0.3 is 0 Å². The SMILES string of the molecule is CCOC1CC(Nc2cccc(Cl)n2)C1. The molecule has 1 aromatic heterocycles. The smallest absolute Gasteiger partial charge is 0.131 e. The summed E-state index contributed by atoms with van der Waals surface area (Å²) >= 11 is 5.79. The van der Waals surface area contributed by atoms with Crippen LogP contribution in [0.1, 0.15) is 19.8 Å². The Bertz CT molecular complexity index is 326. The van der Waals surface area contributed by atoms with Crippen molar-refractivity contribution in [3.05, 3.63) is 23.4 Å². The lowest BCUT2D eigenvalue weighted by atomic mass is 9.89. The van der Waals surface area contributed by atoms with Crippen LogP contribution >= 0.6 is 11.6 Å². The zero-order valence-electron chi connectivity index (χ0n) is 8.74. The Balaban J connectivity index is 1.80. The van der Waals surface area contributed by atoms with E-state index in [2.05, 4.69) is 10.3 Å². The van der Waals surface area contributed by atoms with Gasteiger partial charge in [0.05, 0.1) is 6.10 Å². The van der Waals surface area contributed by atoms with Gasteiger partial charge in [-0.15, -0.1) is 0 Å². The standard InChI is InChI=1S/C11H15ClN2O/c1-2-15-9-6-8(7-9)13-11-5-3-4-10(12)14-11/h3-5,8-9H,2,6-7H2,1H3,(H,13,14). The highest BCUT2D eigenvalue weighted by atomic mass is 35.5. The molecule has 1 aromatic rings. The van der Waals surface area contributed by atoms with Crippen LogP contribution in [0.2, 0.25) is 5.15 Å². The molecule has 0 spiro atoms. The van der Waals surface area contributed by atoms with E-state index in [1.807, 2.05) is 19.1 Å². The number of nitrogens with one attached hydrogen (secondary N) is 1. The molecule has 1 fully saturated rings. The molecular weight excluding hydrogens is 212 g/mol. The first-order valence-electron chi connectivity index (χ1n) is 5.28. The predicted octanol–water partition coefficient (Wildman–Crippen LogP) is 2.71. The quantitative estimate of drug-likeness (QED) is 0.802. The fourth-order valence-corrected chi connectivity index (χ4v) is 1.92. The third-order valence-corrected chi connectivity index (χ3v) is 2.77. The molecule has 1 aliphatic rings. The molecule has 0 aromatic carbocycles. The number of nitrogens with zero attached hydrogens (tertiary/aromatic N) is 1. The maximum absolute atomic E-state index is 5.79. The third kappa shape index (κ3) is 2.83. The third-order valence-electron chi connectivity index (χ3n) is 2.56. The first-order chi connectivity index (χ1) is 7.28. The molecular formula is C11H15ClN2O. The van der Waals surface area contributed by atoms with Crippen LogP contribution in [-0.2, 0) is 4.74 Å². The van der Waals surface area contributed by atoms with Crippen LogP contribution in [0, 0.1) is 0 Å². The minimum absolute atomic E-state index is 0.423. The Labute approximate surface area is 94.8 Å². The van der Waals surface area contributed by atoms with Gasteiger partial charge in [-0.3, -0.25) is 0 Å². The second-order valence-electron chi connectivity index (χ2n) is 3.74. The first kappa shape index (κ1) is 10.7. The van der Waals surface area contributed by atoms with Gasteiger partial charge in [0.1, 0.15) is 11.0 Å². The fourth-order valence-electron chi connectivity index (χ4n) is 1.75. The number of hydrogen-bond donors (Lipinski definition) is 1. The summed E-state index contributed by atoms with van der Waals surface area (Å²) in [7, 11) is 0. The number of anilines is 1. The molecule has 15 heavy (non-hydrogen) atoms. The molecule has 3 nitrogen and oxygen atoms in total. The van der Waals surface area contributed by atoms with E-state index in [0.29, 0.717) is 17.3 Å². The van der Waals surface area contributed by atoms with E-state index in [1.54, 1.807) is 6.07 Å². The average molecular weight is 227 g/mol. The lowest BCUT2D eigenvalue weighted by Crippen LogP contribution is -2.40. The minimum Gasteiger partial charge on any atom is -0.378 e. The minimum atomic E-state index is 0.423. The van der Waals surface area contributed by atoms with Gasteiger partial charge < -0.3 is 10.1 Å². The van der Waals surface area contributed by atoms with Crippen molar-refractivity contribution < 1.29 is 4.74 Å². The average Bonchev–Trinajstić information content (AvgIpc) is 2.15. The number of pyridine rings is 1. The number of rotatable bonds is 4. The van der Waals surface area contributed by atoms with E-state index in [-0.39, 0.29) is 0 Å². The van der Waals surface area contributed by atoms with E-state index in [9.17, 15) is 0 Å². The summed E-state index contributed by atoms with van der Waals surface area (Å²) < 4.78 is 5.48. The van der Waals surface area contributed by atoms with Crippen molar-refractivity contribution in [3.8, 4) is 0 Å². The molecule has 0 unspecified atom stereocenters. The summed E-state index contributed by atoms with van der Waals surface area (Å²) in [5.41, 5.74) is 0. The number of hydrogen-bond acceptors (Lipinski definition) is 3. The molecule has 1 saturated carbocycles. The van der Waals surface area contributed by atoms with Gasteiger partial charge in [-0.25, -0.2) is 4.98 Å². The predicted molar refractivity (Wildman–Crippen MR) is 61.3 cm³/mol. The van der Waals surface area contributed by atoms with Crippen molar-refractivity contribution in [1.82, 2.24) is 4.98 Å². The summed E-state index contributed by atoms with van der Waals surface area (Å²) in [5.74, 6) is 0.849. The van der Waals surface area contributed by atoms with E-state index in [0.717, 1.165) is 25.3 Å². The second-order valence-corrected chi connectivity index (χ2v) is 4.12. The maximum atomic E-state index is 5.79. The maximum Gasteiger partial charge on any atom is 0.131 e. The van der Waals surface area contributed by atoms with Gasteiger partial charge in [0.25, 0.3) is 0 Å². The van der Waals surface area contributed by atoms with Crippen LogP contribution in [0.25, 0.3) is 0 Å². The second kappa shape index (κ2) is 4.81. The zero-order chi connectivity index (χ0) is 10.7. The Kier molecular flexibility index (Phi) is 3.44. The number of halogens is 1. The van der Waals surface area contributed by atoms with Gasteiger partial charge in [0, 0.05) is 12.6 Å². The van der Waals surface area contributed by atoms with Crippen molar-refractivity contribution >= 4 is 17.4 Å². The topological polar surface area (TPSA) is 34.1 Å². The number of ether oxygens (including phenoxy) is 1. The van der Waals surface area contributed by atoms with E-state index >= 15 is 0 Å². The molecule has 1 N–H and O–H groups in total. The summed E-state index contributed by atoms with van der Waals surface area (Å²) in [6.45, 7) is 2.83.